The number of oxime groups is 1. The number of nitrogens with two attached hydrogens (primary N) is 1. The first-order chi connectivity index (χ1) is 10.5. The first-order valence-corrected chi connectivity index (χ1v) is 7.59. The smallest absolute Gasteiger partial charge is 0.142 e. The van der Waals surface area contributed by atoms with Crippen LogP contribution >= 0.6 is 0 Å². The molecule has 0 aliphatic carbocycles. The molecule has 0 radical (unpaired) electrons. The molecule has 0 saturated heterocycles. The zero-order chi connectivity index (χ0) is 16.1. The predicted octanol–water partition coefficient (Wildman–Crippen LogP) is 4.46. The number of nitrogens with zero attached hydrogens (tertiary/aromatic N) is 1. The third-order valence-corrected chi connectivity index (χ3v) is 3.55. The van der Waals surface area contributed by atoms with Crippen LogP contribution in [-0.4, -0.2) is 5.71 Å². The molecule has 2 rings (SSSR count). The van der Waals surface area contributed by atoms with Gasteiger partial charge in [0.1, 0.15) is 6.61 Å². The lowest BCUT2D eigenvalue weighted by Crippen LogP contribution is -2.13. The Morgan fingerprint density at radius 1 is 1.05 bits per heavy atom. The Balaban J connectivity index is 2.17. The number of anilines is 1. The van der Waals surface area contributed by atoms with Gasteiger partial charge in [-0.05, 0) is 37.5 Å². The van der Waals surface area contributed by atoms with Gasteiger partial charge in [0.15, 0.2) is 0 Å². The minimum atomic E-state index is 0.238. The molecule has 2 aromatic rings. The van der Waals surface area contributed by atoms with Gasteiger partial charge in [-0.15, -0.1) is 0 Å². The van der Waals surface area contributed by atoms with Gasteiger partial charge in [0.25, 0.3) is 0 Å². The highest BCUT2D eigenvalue weighted by Gasteiger charge is 2.13. The van der Waals surface area contributed by atoms with Crippen LogP contribution in [0, 0.1) is 19.8 Å². The molecule has 0 fully saturated rings. The zero-order valence-electron chi connectivity index (χ0n) is 13.8. The van der Waals surface area contributed by atoms with Crippen molar-refractivity contribution in [1.29, 1.82) is 0 Å². The number of benzene rings is 2. The van der Waals surface area contributed by atoms with Crippen molar-refractivity contribution >= 4 is 11.4 Å². The van der Waals surface area contributed by atoms with Crippen LogP contribution in [0.3, 0.4) is 0 Å². The highest BCUT2D eigenvalue weighted by atomic mass is 16.6. The predicted molar refractivity (Wildman–Crippen MR) is 92.9 cm³/mol. The van der Waals surface area contributed by atoms with E-state index in [4.69, 9.17) is 10.6 Å². The van der Waals surface area contributed by atoms with E-state index in [0.29, 0.717) is 6.61 Å². The second-order valence-electron chi connectivity index (χ2n) is 5.98. The molecule has 0 aliphatic rings. The van der Waals surface area contributed by atoms with Crippen LogP contribution in [0.25, 0.3) is 0 Å². The molecule has 0 atom stereocenters. The van der Waals surface area contributed by atoms with Crippen molar-refractivity contribution in [1.82, 2.24) is 0 Å². The van der Waals surface area contributed by atoms with Gasteiger partial charge in [0.05, 0.1) is 5.71 Å². The summed E-state index contributed by atoms with van der Waals surface area (Å²) in [5, 5.41) is 4.35. The Labute approximate surface area is 132 Å². The Kier molecular flexibility index (Phi) is 5.21. The number of hydrogen-bond donors (Lipinski definition) is 1. The molecule has 0 heterocycles. The highest BCUT2D eigenvalue weighted by molar-refractivity contribution is 6.05. The summed E-state index contributed by atoms with van der Waals surface area (Å²) in [6, 6.07) is 14.2. The molecule has 2 aromatic carbocycles. The number of nitrogen functional groups attached to an aromatic ring is 1. The largest absolute Gasteiger partial charge is 0.398 e. The molecule has 0 aromatic heterocycles. The number of rotatable bonds is 5. The van der Waals surface area contributed by atoms with E-state index >= 15 is 0 Å². The molecule has 0 bridgehead atoms. The van der Waals surface area contributed by atoms with Crippen LogP contribution in [0.1, 0.15) is 36.1 Å². The van der Waals surface area contributed by atoms with Gasteiger partial charge < -0.3 is 10.6 Å². The van der Waals surface area contributed by atoms with Crippen LogP contribution in [0.4, 0.5) is 5.69 Å². The van der Waals surface area contributed by atoms with Gasteiger partial charge in [0, 0.05) is 11.3 Å². The van der Waals surface area contributed by atoms with Crippen molar-refractivity contribution in [2.24, 2.45) is 11.1 Å². The SMILES string of the molecule is Cc1ccc(CO/N=C(/c2cc(C)ccc2N)C(C)C)cc1. The van der Waals surface area contributed by atoms with Crippen LogP contribution < -0.4 is 5.73 Å². The van der Waals surface area contributed by atoms with Crippen molar-refractivity contribution in [3.63, 3.8) is 0 Å². The molecule has 2 N–H and O–H groups in total. The van der Waals surface area contributed by atoms with Crippen molar-refractivity contribution in [2.75, 3.05) is 5.73 Å². The zero-order valence-corrected chi connectivity index (χ0v) is 13.8. The maximum atomic E-state index is 6.09. The minimum Gasteiger partial charge on any atom is -0.398 e. The van der Waals surface area contributed by atoms with Gasteiger partial charge in [-0.25, -0.2) is 0 Å². The fraction of sp³-hybridized carbons (Fsp3) is 0.316. The lowest BCUT2D eigenvalue weighted by atomic mass is 9.97. The van der Waals surface area contributed by atoms with E-state index in [-0.39, 0.29) is 5.92 Å². The normalized spacial score (nSPS) is 11.8. The fourth-order valence-electron chi connectivity index (χ4n) is 2.22. The maximum absolute atomic E-state index is 6.09. The summed E-state index contributed by atoms with van der Waals surface area (Å²) in [6.45, 7) is 8.77. The summed E-state index contributed by atoms with van der Waals surface area (Å²) in [5.74, 6) is 0.238. The van der Waals surface area contributed by atoms with Gasteiger partial charge in [-0.2, -0.15) is 0 Å². The Hall–Kier alpha value is -2.29. The van der Waals surface area contributed by atoms with E-state index < -0.39 is 0 Å². The standard InChI is InChI=1S/C19H24N2O/c1-13(2)19(17-11-15(4)7-10-18(17)20)21-22-12-16-8-5-14(3)6-9-16/h5-11,13H,12,20H2,1-4H3/b21-19+. The van der Waals surface area contributed by atoms with E-state index in [1.807, 2.05) is 19.1 Å². The van der Waals surface area contributed by atoms with Crippen molar-refractivity contribution in [3.05, 3.63) is 64.7 Å². The molecule has 0 aliphatic heterocycles. The Morgan fingerprint density at radius 3 is 2.32 bits per heavy atom. The molecule has 22 heavy (non-hydrogen) atoms. The summed E-state index contributed by atoms with van der Waals surface area (Å²) < 4.78 is 0. The molecule has 0 spiro atoms. The fourth-order valence-corrected chi connectivity index (χ4v) is 2.22. The van der Waals surface area contributed by atoms with Crippen LogP contribution in [0.15, 0.2) is 47.6 Å². The van der Waals surface area contributed by atoms with E-state index in [9.17, 15) is 0 Å². The Morgan fingerprint density at radius 2 is 1.68 bits per heavy atom. The first-order valence-electron chi connectivity index (χ1n) is 7.59. The second-order valence-corrected chi connectivity index (χ2v) is 5.98. The van der Waals surface area contributed by atoms with E-state index in [1.54, 1.807) is 0 Å². The molecule has 3 nitrogen and oxygen atoms in total. The van der Waals surface area contributed by atoms with Gasteiger partial charge >= 0.3 is 0 Å². The summed E-state index contributed by atoms with van der Waals surface area (Å²) >= 11 is 0. The lowest BCUT2D eigenvalue weighted by molar-refractivity contribution is 0.129. The quantitative estimate of drug-likeness (QED) is 0.503. The molecular formula is C19H24N2O. The number of aryl methyl sites for hydroxylation is 2. The lowest BCUT2D eigenvalue weighted by Gasteiger charge is -2.13. The van der Waals surface area contributed by atoms with E-state index in [1.165, 1.54) is 5.56 Å². The van der Waals surface area contributed by atoms with Crippen LogP contribution in [-0.2, 0) is 11.4 Å². The van der Waals surface area contributed by atoms with Gasteiger partial charge in [0.2, 0.25) is 0 Å². The molecule has 0 amide bonds. The molecule has 116 valence electrons. The topological polar surface area (TPSA) is 47.6 Å². The van der Waals surface area contributed by atoms with Gasteiger partial charge in [-0.1, -0.05) is 60.5 Å². The molecular weight excluding hydrogens is 272 g/mol. The average Bonchev–Trinajstić information content (AvgIpc) is 2.48. The molecule has 3 heteroatoms. The second kappa shape index (κ2) is 7.12. The van der Waals surface area contributed by atoms with Gasteiger partial charge in [-0.3, -0.25) is 0 Å². The highest BCUT2D eigenvalue weighted by Crippen LogP contribution is 2.19. The third-order valence-electron chi connectivity index (χ3n) is 3.55. The maximum Gasteiger partial charge on any atom is 0.142 e. The van der Waals surface area contributed by atoms with Crippen molar-refractivity contribution in [2.45, 2.75) is 34.3 Å². The third kappa shape index (κ3) is 4.10. The van der Waals surface area contributed by atoms with Crippen molar-refractivity contribution in [3.8, 4) is 0 Å². The van der Waals surface area contributed by atoms with Crippen LogP contribution in [0.5, 0.6) is 0 Å². The summed E-state index contributed by atoms with van der Waals surface area (Å²) in [6.07, 6.45) is 0. The Bertz CT molecular complexity index is 658. The van der Waals surface area contributed by atoms with E-state index in [2.05, 4.69) is 56.3 Å². The summed E-state index contributed by atoms with van der Waals surface area (Å²) in [7, 11) is 0. The number of hydrogen-bond acceptors (Lipinski definition) is 3. The first kappa shape index (κ1) is 16.1. The molecule has 0 saturated carbocycles. The van der Waals surface area contributed by atoms with Crippen LogP contribution in [0.2, 0.25) is 0 Å². The average molecular weight is 296 g/mol. The molecule has 0 unspecified atom stereocenters. The summed E-state index contributed by atoms with van der Waals surface area (Å²) in [5.41, 5.74) is 12.2. The monoisotopic (exact) mass is 296 g/mol. The summed E-state index contributed by atoms with van der Waals surface area (Å²) in [4.78, 5) is 5.56. The minimum absolute atomic E-state index is 0.238. The van der Waals surface area contributed by atoms with Crippen molar-refractivity contribution < 1.29 is 4.84 Å². The van der Waals surface area contributed by atoms with E-state index in [0.717, 1.165) is 28.1 Å².